The SMILES string of the molecule is C[C@@H]1C(=O)O[C@@](C)(Cc2ccccc2)C(=O)N1[C@@H](C)c1ccccc1. The van der Waals surface area contributed by atoms with E-state index in [0.717, 1.165) is 11.1 Å². The number of ether oxygens (including phenoxy) is 1. The Morgan fingerprint density at radius 2 is 1.60 bits per heavy atom. The Morgan fingerprint density at radius 1 is 1.04 bits per heavy atom. The van der Waals surface area contributed by atoms with Crippen LogP contribution in [0.1, 0.15) is 37.9 Å². The fourth-order valence-corrected chi connectivity index (χ4v) is 3.41. The van der Waals surface area contributed by atoms with E-state index in [1.807, 2.05) is 67.6 Å². The first-order valence-corrected chi connectivity index (χ1v) is 8.57. The maximum Gasteiger partial charge on any atom is 0.329 e. The second-order valence-corrected chi connectivity index (χ2v) is 6.79. The predicted molar refractivity (Wildman–Crippen MR) is 95.8 cm³/mol. The molecule has 1 saturated heterocycles. The first kappa shape index (κ1) is 17.2. The van der Waals surface area contributed by atoms with Gasteiger partial charge in [0.1, 0.15) is 6.04 Å². The third-order valence-corrected chi connectivity index (χ3v) is 4.85. The molecule has 4 nitrogen and oxygen atoms in total. The van der Waals surface area contributed by atoms with Gasteiger partial charge in [-0.1, -0.05) is 60.7 Å². The lowest BCUT2D eigenvalue weighted by atomic mass is 9.90. The Balaban J connectivity index is 1.92. The molecule has 0 aliphatic carbocycles. The first-order chi connectivity index (χ1) is 11.9. The van der Waals surface area contributed by atoms with Crippen LogP contribution < -0.4 is 0 Å². The quantitative estimate of drug-likeness (QED) is 0.802. The van der Waals surface area contributed by atoms with Crippen molar-refractivity contribution < 1.29 is 14.3 Å². The van der Waals surface area contributed by atoms with E-state index in [1.165, 1.54) is 0 Å². The molecule has 0 radical (unpaired) electrons. The van der Waals surface area contributed by atoms with Crippen LogP contribution in [0.25, 0.3) is 0 Å². The molecule has 0 saturated carbocycles. The lowest BCUT2D eigenvalue weighted by Gasteiger charge is -2.45. The Bertz CT molecular complexity index is 759. The van der Waals surface area contributed by atoms with Crippen molar-refractivity contribution in [1.29, 1.82) is 0 Å². The molecule has 1 amide bonds. The number of benzene rings is 2. The minimum atomic E-state index is -1.19. The Hall–Kier alpha value is -2.62. The fourth-order valence-electron chi connectivity index (χ4n) is 3.41. The molecule has 0 bridgehead atoms. The summed E-state index contributed by atoms with van der Waals surface area (Å²) < 4.78 is 5.59. The van der Waals surface area contributed by atoms with Gasteiger partial charge in [0.2, 0.25) is 0 Å². The zero-order valence-electron chi connectivity index (χ0n) is 14.8. The number of carbonyl (C=O) groups is 2. The van der Waals surface area contributed by atoms with Crippen LogP contribution in [0, 0.1) is 0 Å². The van der Waals surface area contributed by atoms with Crippen LogP contribution >= 0.6 is 0 Å². The molecule has 4 heteroatoms. The zero-order chi connectivity index (χ0) is 18.0. The maximum absolute atomic E-state index is 13.3. The van der Waals surface area contributed by atoms with E-state index in [0.29, 0.717) is 6.42 Å². The molecular weight excluding hydrogens is 314 g/mol. The number of hydrogen-bond acceptors (Lipinski definition) is 3. The Labute approximate surface area is 148 Å². The third kappa shape index (κ3) is 3.29. The molecule has 1 heterocycles. The second-order valence-electron chi connectivity index (χ2n) is 6.79. The Kier molecular flexibility index (Phi) is 4.62. The molecule has 2 aromatic carbocycles. The van der Waals surface area contributed by atoms with Gasteiger partial charge in [-0.05, 0) is 31.9 Å². The molecule has 0 aromatic heterocycles. The van der Waals surface area contributed by atoms with Crippen LogP contribution in [0.15, 0.2) is 60.7 Å². The van der Waals surface area contributed by atoms with Gasteiger partial charge < -0.3 is 9.64 Å². The highest BCUT2D eigenvalue weighted by atomic mass is 16.6. The molecule has 1 aliphatic heterocycles. The van der Waals surface area contributed by atoms with Gasteiger partial charge in [-0.15, -0.1) is 0 Å². The Morgan fingerprint density at radius 3 is 2.20 bits per heavy atom. The van der Waals surface area contributed by atoms with Crippen molar-refractivity contribution in [3.63, 3.8) is 0 Å². The average molecular weight is 337 g/mol. The van der Waals surface area contributed by atoms with Crippen molar-refractivity contribution in [2.24, 2.45) is 0 Å². The standard InChI is InChI=1S/C21H23NO3/c1-15(18-12-8-5-9-13-18)22-16(2)19(23)25-21(3,20(22)24)14-17-10-6-4-7-11-17/h4-13,15-16H,14H2,1-3H3/t15-,16+,21-/m0/s1. The largest absolute Gasteiger partial charge is 0.447 e. The van der Waals surface area contributed by atoms with Gasteiger partial charge in [-0.2, -0.15) is 0 Å². The van der Waals surface area contributed by atoms with Crippen molar-refractivity contribution in [1.82, 2.24) is 4.90 Å². The van der Waals surface area contributed by atoms with Crippen LogP contribution in [-0.4, -0.2) is 28.4 Å². The van der Waals surface area contributed by atoms with Gasteiger partial charge in [-0.3, -0.25) is 4.79 Å². The monoisotopic (exact) mass is 337 g/mol. The summed E-state index contributed by atoms with van der Waals surface area (Å²) in [6.07, 6.45) is 0.364. The molecule has 3 rings (SSSR count). The summed E-state index contributed by atoms with van der Waals surface area (Å²) in [5.41, 5.74) is 0.779. The number of nitrogens with zero attached hydrogens (tertiary/aromatic N) is 1. The predicted octanol–water partition coefficient (Wildman–Crippen LogP) is 3.52. The van der Waals surface area contributed by atoms with Crippen molar-refractivity contribution in [2.45, 2.75) is 44.9 Å². The third-order valence-electron chi connectivity index (χ3n) is 4.85. The van der Waals surface area contributed by atoms with E-state index in [9.17, 15) is 9.59 Å². The molecule has 3 atom stereocenters. The van der Waals surface area contributed by atoms with Gasteiger partial charge in [0, 0.05) is 6.42 Å². The molecule has 130 valence electrons. The summed E-state index contributed by atoms with van der Waals surface area (Å²) in [5, 5.41) is 0. The van der Waals surface area contributed by atoms with E-state index in [4.69, 9.17) is 4.74 Å². The molecule has 25 heavy (non-hydrogen) atoms. The number of esters is 1. The van der Waals surface area contributed by atoms with Gasteiger partial charge in [-0.25, -0.2) is 4.79 Å². The summed E-state index contributed by atoms with van der Waals surface area (Å²) in [5.74, 6) is -0.513. The summed E-state index contributed by atoms with van der Waals surface area (Å²) in [6, 6.07) is 18.6. The maximum atomic E-state index is 13.3. The molecule has 1 aliphatic rings. The molecule has 0 unspecified atom stereocenters. The molecule has 2 aromatic rings. The number of rotatable bonds is 4. The van der Waals surface area contributed by atoms with Gasteiger partial charge in [0.25, 0.3) is 5.91 Å². The summed E-state index contributed by atoms with van der Waals surface area (Å²) >= 11 is 0. The zero-order valence-corrected chi connectivity index (χ0v) is 14.8. The van der Waals surface area contributed by atoms with Crippen molar-refractivity contribution in [3.8, 4) is 0 Å². The van der Waals surface area contributed by atoms with Crippen LogP contribution in [-0.2, 0) is 20.7 Å². The van der Waals surface area contributed by atoms with Crippen molar-refractivity contribution in [3.05, 3.63) is 71.8 Å². The normalized spacial score (nSPS) is 24.8. The summed E-state index contributed by atoms with van der Waals surface area (Å²) in [6.45, 7) is 5.38. The van der Waals surface area contributed by atoms with Crippen LogP contribution in [0.4, 0.5) is 0 Å². The van der Waals surface area contributed by atoms with E-state index in [1.54, 1.807) is 18.7 Å². The second kappa shape index (κ2) is 6.71. The van der Waals surface area contributed by atoms with Crippen LogP contribution in [0.2, 0.25) is 0 Å². The summed E-state index contributed by atoms with van der Waals surface area (Å²) in [7, 11) is 0. The summed E-state index contributed by atoms with van der Waals surface area (Å²) in [4.78, 5) is 27.4. The molecule has 1 fully saturated rings. The molecule has 0 spiro atoms. The minimum absolute atomic E-state index is 0.153. The number of amides is 1. The van der Waals surface area contributed by atoms with Gasteiger partial charge in [0.05, 0.1) is 6.04 Å². The lowest BCUT2D eigenvalue weighted by Crippen LogP contribution is -2.62. The van der Waals surface area contributed by atoms with E-state index in [2.05, 4.69) is 0 Å². The van der Waals surface area contributed by atoms with E-state index < -0.39 is 11.6 Å². The first-order valence-electron chi connectivity index (χ1n) is 8.57. The highest BCUT2D eigenvalue weighted by Gasteiger charge is 2.50. The number of morpholine rings is 1. The highest BCUT2D eigenvalue weighted by Crippen LogP contribution is 2.33. The number of hydrogen-bond donors (Lipinski definition) is 0. The lowest BCUT2D eigenvalue weighted by molar-refractivity contribution is -0.192. The van der Waals surface area contributed by atoms with Crippen molar-refractivity contribution in [2.75, 3.05) is 0 Å². The van der Waals surface area contributed by atoms with Crippen LogP contribution in [0.5, 0.6) is 0 Å². The van der Waals surface area contributed by atoms with Gasteiger partial charge in [0.15, 0.2) is 5.60 Å². The smallest absolute Gasteiger partial charge is 0.329 e. The molecular formula is C21H23NO3. The van der Waals surface area contributed by atoms with Gasteiger partial charge >= 0.3 is 5.97 Å². The average Bonchev–Trinajstić information content (AvgIpc) is 2.62. The number of carbonyl (C=O) groups excluding carboxylic acids is 2. The highest BCUT2D eigenvalue weighted by molar-refractivity contribution is 5.95. The number of cyclic esters (lactones) is 1. The van der Waals surface area contributed by atoms with Crippen molar-refractivity contribution >= 4 is 11.9 Å². The fraction of sp³-hybridized carbons (Fsp3) is 0.333. The molecule has 0 N–H and O–H groups in total. The minimum Gasteiger partial charge on any atom is -0.447 e. The van der Waals surface area contributed by atoms with E-state index in [-0.39, 0.29) is 17.9 Å². The van der Waals surface area contributed by atoms with E-state index >= 15 is 0 Å². The topological polar surface area (TPSA) is 46.6 Å². The van der Waals surface area contributed by atoms with Crippen LogP contribution in [0.3, 0.4) is 0 Å².